The van der Waals surface area contributed by atoms with E-state index in [2.05, 4.69) is 20.8 Å². The summed E-state index contributed by atoms with van der Waals surface area (Å²) in [6, 6.07) is 5.69. The summed E-state index contributed by atoms with van der Waals surface area (Å²) < 4.78 is 38.2. The van der Waals surface area contributed by atoms with Crippen LogP contribution in [-0.4, -0.2) is 81.4 Å². The molecular weight excluding hydrogens is 565 g/mol. The van der Waals surface area contributed by atoms with Crippen LogP contribution in [-0.2, 0) is 27.9 Å². The molecule has 1 aliphatic rings. The van der Waals surface area contributed by atoms with Crippen LogP contribution in [0.3, 0.4) is 0 Å². The molecular formula is C34H50FN3O6. The first kappa shape index (κ1) is 35.1. The minimum atomic E-state index is -0.629. The first-order valence-corrected chi connectivity index (χ1v) is 15.5. The average Bonchev–Trinajstić information content (AvgIpc) is 3.29. The number of Topliss-reactive ketones (excluding diaryl/α,β-unsaturated/α-hetero) is 1. The number of benzene rings is 2. The molecule has 0 radical (unpaired) electrons. The van der Waals surface area contributed by atoms with Crippen molar-refractivity contribution in [1.29, 1.82) is 5.41 Å². The fourth-order valence-electron chi connectivity index (χ4n) is 5.46. The lowest BCUT2D eigenvalue weighted by atomic mass is 9.80. The number of hydrogen-bond donors (Lipinski definition) is 2. The lowest BCUT2D eigenvalue weighted by molar-refractivity contribution is -0.118. The van der Waals surface area contributed by atoms with E-state index in [0.29, 0.717) is 43.4 Å². The summed E-state index contributed by atoms with van der Waals surface area (Å²) in [5, 5.41) is 19.0. The Bertz CT molecular complexity index is 1310. The zero-order valence-electron chi connectivity index (χ0n) is 27.6. The van der Waals surface area contributed by atoms with E-state index in [0.717, 1.165) is 29.7 Å². The third kappa shape index (κ3) is 8.01. The monoisotopic (exact) mass is 615 g/mol. The lowest BCUT2D eigenvalue weighted by Gasteiger charge is -2.33. The van der Waals surface area contributed by atoms with Gasteiger partial charge in [-0.25, -0.2) is 4.39 Å². The predicted molar refractivity (Wildman–Crippen MR) is 171 cm³/mol. The van der Waals surface area contributed by atoms with E-state index >= 15 is 4.39 Å². The van der Waals surface area contributed by atoms with E-state index in [1.54, 1.807) is 39.0 Å². The van der Waals surface area contributed by atoms with Gasteiger partial charge in [-0.2, -0.15) is 0 Å². The van der Waals surface area contributed by atoms with Crippen molar-refractivity contribution < 1.29 is 33.2 Å². The topological polar surface area (TPSA) is 105 Å². The van der Waals surface area contributed by atoms with Gasteiger partial charge in [0.2, 0.25) is 0 Å². The van der Waals surface area contributed by atoms with Gasteiger partial charge in [-0.05, 0) is 55.4 Å². The van der Waals surface area contributed by atoms with Crippen molar-refractivity contribution in [1.82, 2.24) is 4.90 Å². The van der Waals surface area contributed by atoms with Gasteiger partial charge in [0.25, 0.3) is 0 Å². The molecule has 244 valence electrons. The zero-order chi connectivity index (χ0) is 32.6. The molecule has 0 saturated carbocycles. The number of fused-ring (bicyclic) bond motifs is 1. The average molecular weight is 616 g/mol. The number of halogens is 1. The Morgan fingerprint density at radius 2 is 1.86 bits per heavy atom. The van der Waals surface area contributed by atoms with E-state index in [9.17, 15) is 9.90 Å². The number of nitrogens with one attached hydrogen (secondary N) is 1. The van der Waals surface area contributed by atoms with Crippen molar-refractivity contribution in [2.75, 3.05) is 58.6 Å². The number of ether oxygens (including phenoxy) is 4. The number of anilines is 1. The van der Waals surface area contributed by atoms with Crippen LogP contribution in [0.4, 0.5) is 10.1 Å². The second kappa shape index (κ2) is 15.6. The number of methoxy groups -OCH3 is 2. The Balaban J connectivity index is 1.94. The first-order chi connectivity index (χ1) is 20.9. The first-order valence-electron chi connectivity index (χ1n) is 15.5. The van der Waals surface area contributed by atoms with Gasteiger partial charge in [0.05, 0.1) is 50.8 Å². The summed E-state index contributed by atoms with van der Waals surface area (Å²) in [6.45, 7) is 14.1. The number of carbonyl (C=O) groups excluding carboxylic acids is 1. The second-order valence-electron chi connectivity index (χ2n) is 12.0. The van der Waals surface area contributed by atoms with Gasteiger partial charge in [-0.15, -0.1) is 0 Å². The van der Waals surface area contributed by atoms with Crippen LogP contribution >= 0.6 is 0 Å². The molecule has 44 heavy (non-hydrogen) atoms. The molecule has 3 rings (SSSR count). The molecule has 9 nitrogen and oxygen atoms in total. The molecule has 10 heteroatoms. The number of aliphatic hydroxyl groups excluding tert-OH is 1. The minimum Gasteiger partial charge on any atom is -0.494 e. The fraction of sp³-hybridized carbons (Fsp3) is 0.588. The highest BCUT2D eigenvalue weighted by atomic mass is 19.1. The quantitative estimate of drug-likeness (QED) is 0.227. The number of hydrogen-bond acceptors (Lipinski definition) is 8. The standard InChI is InChI=1S/C34H50FN3O6/c1-9-13-44-28-18-24-20-38(33(36)29(24)30(35)32(28)43-11-3)21-25(40)15-23-16-26(34(5,6)10-2)31(42-8)27(17-23)37(12-14-41-7)19-22(4)39/h16-18,22,36,39H,9-15,19-21H2,1-8H3. The smallest absolute Gasteiger partial charge is 0.197 e. The van der Waals surface area contributed by atoms with Crippen LogP contribution in [0.15, 0.2) is 18.2 Å². The molecule has 0 fully saturated rings. The van der Waals surface area contributed by atoms with E-state index in [1.165, 1.54) is 0 Å². The SMILES string of the molecule is CCCOc1cc2c(c(F)c1OCC)C(=N)N(CC(=O)Cc1cc(N(CCOC)CC(C)O)c(OC)c(C(C)(C)CC)c1)C2. The Hall–Kier alpha value is -3.37. The van der Waals surface area contributed by atoms with Crippen molar-refractivity contribution in [2.45, 2.75) is 78.9 Å². The highest BCUT2D eigenvalue weighted by molar-refractivity contribution is 6.03. The number of rotatable bonds is 18. The molecule has 0 aliphatic carbocycles. The summed E-state index contributed by atoms with van der Waals surface area (Å²) in [5.74, 6) is 0.257. The zero-order valence-corrected chi connectivity index (χ0v) is 27.6. The van der Waals surface area contributed by atoms with Gasteiger partial charge in [-0.3, -0.25) is 10.2 Å². The number of nitrogens with zero attached hydrogens (tertiary/aromatic N) is 2. The normalized spacial score (nSPS) is 13.6. The number of amidine groups is 1. The number of ketones is 1. The predicted octanol–water partition coefficient (Wildman–Crippen LogP) is 5.50. The fourth-order valence-corrected chi connectivity index (χ4v) is 5.46. The van der Waals surface area contributed by atoms with Crippen LogP contribution in [0.2, 0.25) is 0 Å². The molecule has 2 aromatic carbocycles. The van der Waals surface area contributed by atoms with E-state index in [-0.39, 0.29) is 54.5 Å². The maximum atomic E-state index is 15.6. The van der Waals surface area contributed by atoms with Gasteiger partial charge in [0.1, 0.15) is 11.6 Å². The van der Waals surface area contributed by atoms with E-state index in [4.69, 9.17) is 24.4 Å². The van der Waals surface area contributed by atoms with Crippen LogP contribution in [0, 0.1) is 11.2 Å². The molecule has 1 atom stereocenters. The van der Waals surface area contributed by atoms with Gasteiger partial charge >= 0.3 is 0 Å². The van der Waals surface area contributed by atoms with Crippen molar-refractivity contribution in [2.24, 2.45) is 0 Å². The molecule has 0 bridgehead atoms. The number of aliphatic hydroxyl groups is 1. The lowest BCUT2D eigenvalue weighted by Crippen LogP contribution is -2.35. The molecule has 0 saturated heterocycles. The molecule has 1 heterocycles. The molecule has 0 spiro atoms. The van der Waals surface area contributed by atoms with E-state index in [1.807, 2.05) is 24.0 Å². The van der Waals surface area contributed by atoms with Crippen molar-refractivity contribution >= 4 is 17.3 Å². The molecule has 1 unspecified atom stereocenters. The number of carbonyl (C=O) groups is 1. The molecule has 2 N–H and O–H groups in total. The van der Waals surface area contributed by atoms with Gasteiger partial charge in [-0.1, -0.05) is 33.8 Å². The summed E-state index contributed by atoms with van der Waals surface area (Å²) in [5.41, 5.74) is 3.07. The maximum absolute atomic E-state index is 15.6. The van der Waals surface area contributed by atoms with Gasteiger partial charge in [0, 0.05) is 38.7 Å². The third-order valence-electron chi connectivity index (χ3n) is 8.04. The third-order valence-corrected chi connectivity index (χ3v) is 8.04. The van der Waals surface area contributed by atoms with Gasteiger partial charge < -0.3 is 33.9 Å². The Morgan fingerprint density at radius 3 is 2.45 bits per heavy atom. The van der Waals surface area contributed by atoms with Crippen LogP contribution in [0.25, 0.3) is 0 Å². The van der Waals surface area contributed by atoms with Crippen LogP contribution in [0.1, 0.15) is 76.6 Å². The second-order valence-corrected chi connectivity index (χ2v) is 12.0. The van der Waals surface area contributed by atoms with Crippen molar-refractivity contribution in [3.8, 4) is 17.2 Å². The molecule has 1 aliphatic heterocycles. The highest BCUT2D eigenvalue weighted by Gasteiger charge is 2.33. The summed E-state index contributed by atoms with van der Waals surface area (Å²) in [4.78, 5) is 17.2. The molecule has 0 amide bonds. The molecule has 0 aromatic heterocycles. The van der Waals surface area contributed by atoms with Crippen molar-refractivity contribution in [3.05, 3.63) is 46.3 Å². The van der Waals surface area contributed by atoms with Crippen LogP contribution in [0.5, 0.6) is 17.2 Å². The Kier molecular flexibility index (Phi) is 12.4. The highest BCUT2D eigenvalue weighted by Crippen LogP contribution is 2.42. The Labute approximate surface area is 261 Å². The summed E-state index contributed by atoms with van der Waals surface area (Å²) >= 11 is 0. The maximum Gasteiger partial charge on any atom is 0.197 e. The summed E-state index contributed by atoms with van der Waals surface area (Å²) in [7, 11) is 3.27. The van der Waals surface area contributed by atoms with Crippen LogP contribution < -0.4 is 19.1 Å². The summed E-state index contributed by atoms with van der Waals surface area (Å²) in [6.07, 6.45) is 1.13. The molecule has 2 aromatic rings. The largest absolute Gasteiger partial charge is 0.494 e. The minimum absolute atomic E-state index is 0.00434. The van der Waals surface area contributed by atoms with E-state index < -0.39 is 11.9 Å². The van der Waals surface area contributed by atoms with Gasteiger partial charge in [0.15, 0.2) is 23.1 Å². The Morgan fingerprint density at radius 1 is 1.14 bits per heavy atom. The van der Waals surface area contributed by atoms with Crippen molar-refractivity contribution in [3.63, 3.8) is 0 Å².